The lowest BCUT2D eigenvalue weighted by molar-refractivity contribution is 0.0698. The summed E-state index contributed by atoms with van der Waals surface area (Å²) in [7, 11) is 0. The van der Waals surface area contributed by atoms with Gasteiger partial charge in [0.05, 0.1) is 17.8 Å². The first kappa shape index (κ1) is 14.2. The highest BCUT2D eigenvalue weighted by molar-refractivity contribution is 14.1. The molecule has 1 aromatic carbocycles. The molecule has 2 rings (SSSR count). The molecule has 0 saturated heterocycles. The number of halogens is 1. The van der Waals surface area contributed by atoms with Crippen LogP contribution in [-0.4, -0.2) is 27.2 Å². The van der Waals surface area contributed by atoms with E-state index in [2.05, 4.69) is 25.3 Å². The molecule has 0 spiro atoms. The van der Waals surface area contributed by atoms with Crippen molar-refractivity contribution in [2.45, 2.75) is 6.54 Å². The summed E-state index contributed by atoms with van der Waals surface area (Å²) >= 11 is 1.99. The third-order valence-electron chi connectivity index (χ3n) is 2.27. The van der Waals surface area contributed by atoms with Crippen LogP contribution < -0.4 is 10.6 Å². The number of aromatic carboxylic acids is 1. The Kier molecular flexibility index (Phi) is 4.50. The summed E-state index contributed by atoms with van der Waals surface area (Å²) in [5.74, 6) is -0.793. The second-order valence-electron chi connectivity index (χ2n) is 3.65. The quantitative estimate of drug-likeness (QED) is 0.687. The topological polar surface area (TPSA) is 117 Å². The number of nitrogens with zero attached hydrogens (tertiary/aromatic N) is 2. The molecule has 0 aliphatic heterocycles. The van der Waals surface area contributed by atoms with Gasteiger partial charge in [0.25, 0.3) is 0 Å². The monoisotopic (exact) mass is 388 g/mol. The van der Waals surface area contributed by atoms with Crippen molar-refractivity contribution in [3.63, 3.8) is 0 Å². The molecule has 0 aliphatic carbocycles. The molecule has 104 valence electrons. The summed E-state index contributed by atoms with van der Waals surface area (Å²) in [6, 6.07) is 4.14. The van der Waals surface area contributed by atoms with E-state index in [0.29, 0.717) is 5.82 Å². The summed E-state index contributed by atoms with van der Waals surface area (Å²) in [6.45, 7) is 0.0785. The van der Waals surface area contributed by atoms with E-state index >= 15 is 0 Å². The average molecular weight is 388 g/mol. The van der Waals surface area contributed by atoms with Crippen molar-refractivity contribution in [1.82, 2.24) is 15.5 Å². The number of carbonyl (C=O) groups excluding carboxylic acids is 1. The van der Waals surface area contributed by atoms with Crippen molar-refractivity contribution in [3.05, 3.63) is 39.6 Å². The molecule has 0 unspecified atom stereocenters. The van der Waals surface area contributed by atoms with Gasteiger partial charge in [-0.1, -0.05) is 5.16 Å². The zero-order valence-corrected chi connectivity index (χ0v) is 12.1. The Hall–Kier alpha value is -2.17. The molecule has 0 fully saturated rings. The van der Waals surface area contributed by atoms with Gasteiger partial charge in [0.1, 0.15) is 0 Å². The lowest BCUT2D eigenvalue weighted by Gasteiger charge is -2.09. The fourth-order valence-corrected chi connectivity index (χ4v) is 1.89. The van der Waals surface area contributed by atoms with Crippen molar-refractivity contribution in [3.8, 4) is 0 Å². The molecule has 1 heterocycles. The van der Waals surface area contributed by atoms with Crippen LogP contribution in [0.4, 0.5) is 10.5 Å². The van der Waals surface area contributed by atoms with Crippen molar-refractivity contribution in [2.75, 3.05) is 5.32 Å². The Morgan fingerprint density at radius 2 is 2.20 bits per heavy atom. The predicted octanol–water partition coefficient (Wildman–Crippen LogP) is 1.69. The van der Waals surface area contributed by atoms with Gasteiger partial charge >= 0.3 is 12.0 Å². The molecular weight excluding hydrogens is 379 g/mol. The Morgan fingerprint density at radius 3 is 2.85 bits per heavy atom. The van der Waals surface area contributed by atoms with Gasteiger partial charge in [-0.25, -0.2) is 9.59 Å². The van der Waals surface area contributed by atoms with Gasteiger partial charge in [0.2, 0.25) is 6.39 Å². The van der Waals surface area contributed by atoms with Crippen molar-refractivity contribution >= 4 is 40.3 Å². The van der Waals surface area contributed by atoms with Gasteiger partial charge in [-0.2, -0.15) is 4.98 Å². The van der Waals surface area contributed by atoms with Crippen LogP contribution in [0, 0.1) is 3.57 Å². The van der Waals surface area contributed by atoms with Gasteiger partial charge in [-0.15, -0.1) is 0 Å². The molecule has 0 saturated carbocycles. The summed E-state index contributed by atoms with van der Waals surface area (Å²) in [5.41, 5.74) is 0.232. The molecule has 1 aromatic heterocycles. The van der Waals surface area contributed by atoms with Gasteiger partial charge in [0, 0.05) is 3.57 Å². The molecular formula is C11H9IN4O4. The van der Waals surface area contributed by atoms with E-state index in [4.69, 9.17) is 5.11 Å². The minimum absolute atomic E-state index is 0.0200. The van der Waals surface area contributed by atoms with Crippen LogP contribution in [0.5, 0.6) is 0 Å². The molecule has 0 radical (unpaired) electrons. The maximum Gasteiger partial charge on any atom is 0.337 e. The fraction of sp³-hybridized carbons (Fsp3) is 0.0909. The Labute approximate surface area is 126 Å². The van der Waals surface area contributed by atoms with Crippen LogP contribution in [0.1, 0.15) is 16.2 Å². The van der Waals surface area contributed by atoms with E-state index in [1.807, 2.05) is 22.6 Å². The molecule has 2 amide bonds. The van der Waals surface area contributed by atoms with Gasteiger partial charge in [-0.05, 0) is 40.8 Å². The van der Waals surface area contributed by atoms with Crippen LogP contribution in [-0.2, 0) is 6.54 Å². The third kappa shape index (κ3) is 3.66. The van der Waals surface area contributed by atoms with Crippen molar-refractivity contribution in [2.24, 2.45) is 0 Å². The summed E-state index contributed by atoms with van der Waals surface area (Å²) in [4.78, 5) is 26.5. The molecule has 0 bridgehead atoms. The number of rotatable bonds is 4. The number of nitrogens with one attached hydrogen (secondary N) is 2. The minimum atomic E-state index is -1.11. The average Bonchev–Trinajstić information content (AvgIpc) is 2.91. The van der Waals surface area contributed by atoms with Gasteiger partial charge in [-0.3, -0.25) is 0 Å². The van der Waals surface area contributed by atoms with Gasteiger partial charge in [0.15, 0.2) is 5.82 Å². The van der Waals surface area contributed by atoms with Crippen LogP contribution in [0.2, 0.25) is 0 Å². The third-order valence-corrected chi connectivity index (χ3v) is 2.95. The van der Waals surface area contributed by atoms with E-state index in [9.17, 15) is 9.59 Å². The maximum absolute atomic E-state index is 11.7. The SMILES string of the molecule is O=C(NCc1ncon1)Nc1ccc(I)cc1C(=O)O. The predicted molar refractivity (Wildman–Crippen MR) is 76.3 cm³/mol. The van der Waals surface area contributed by atoms with E-state index in [-0.39, 0.29) is 17.8 Å². The van der Waals surface area contributed by atoms with Crippen LogP contribution in [0.3, 0.4) is 0 Å². The van der Waals surface area contributed by atoms with Crippen molar-refractivity contribution < 1.29 is 19.2 Å². The molecule has 8 nitrogen and oxygen atoms in total. The highest BCUT2D eigenvalue weighted by Crippen LogP contribution is 2.18. The Bertz CT molecular complexity index is 629. The normalized spacial score (nSPS) is 10.1. The Morgan fingerprint density at radius 1 is 1.40 bits per heavy atom. The van der Waals surface area contributed by atoms with Gasteiger partial charge < -0.3 is 20.3 Å². The Balaban J connectivity index is 2.02. The number of hydrogen-bond acceptors (Lipinski definition) is 5. The summed E-state index contributed by atoms with van der Waals surface area (Å²) < 4.78 is 5.28. The lowest BCUT2D eigenvalue weighted by atomic mass is 10.2. The molecule has 0 atom stereocenters. The summed E-state index contributed by atoms with van der Waals surface area (Å²) in [5, 5.41) is 17.6. The number of carboxylic acid groups (broad SMARTS) is 1. The number of benzene rings is 1. The second kappa shape index (κ2) is 6.32. The first-order valence-corrected chi connectivity index (χ1v) is 6.47. The van der Waals surface area contributed by atoms with Crippen molar-refractivity contribution in [1.29, 1.82) is 0 Å². The molecule has 3 N–H and O–H groups in total. The number of carbonyl (C=O) groups is 2. The number of aromatic nitrogens is 2. The zero-order chi connectivity index (χ0) is 14.5. The minimum Gasteiger partial charge on any atom is -0.478 e. The van der Waals surface area contributed by atoms with Crippen LogP contribution >= 0.6 is 22.6 Å². The standard InChI is InChI=1S/C11H9IN4O4/c12-6-1-2-8(7(3-6)10(17)18)15-11(19)13-4-9-14-5-20-16-9/h1-3,5H,4H2,(H,17,18)(H2,13,15,19). The summed E-state index contributed by atoms with van der Waals surface area (Å²) in [6.07, 6.45) is 1.15. The van der Waals surface area contributed by atoms with E-state index < -0.39 is 12.0 Å². The first-order valence-electron chi connectivity index (χ1n) is 5.39. The number of anilines is 1. The zero-order valence-electron chi connectivity index (χ0n) is 9.96. The number of amides is 2. The number of urea groups is 1. The second-order valence-corrected chi connectivity index (χ2v) is 4.90. The molecule has 20 heavy (non-hydrogen) atoms. The largest absolute Gasteiger partial charge is 0.478 e. The number of hydrogen-bond donors (Lipinski definition) is 3. The van der Waals surface area contributed by atoms with Crippen LogP contribution in [0.25, 0.3) is 0 Å². The first-order chi connectivity index (χ1) is 9.56. The fourth-order valence-electron chi connectivity index (χ4n) is 1.40. The molecule has 9 heteroatoms. The van der Waals surface area contributed by atoms with Crippen LogP contribution in [0.15, 0.2) is 29.1 Å². The molecule has 2 aromatic rings. The number of carboxylic acids is 1. The highest BCUT2D eigenvalue weighted by Gasteiger charge is 2.13. The highest BCUT2D eigenvalue weighted by atomic mass is 127. The lowest BCUT2D eigenvalue weighted by Crippen LogP contribution is -2.29. The van der Waals surface area contributed by atoms with E-state index in [1.54, 1.807) is 6.07 Å². The molecule has 0 aliphatic rings. The van der Waals surface area contributed by atoms with E-state index in [0.717, 1.165) is 9.96 Å². The van der Waals surface area contributed by atoms with E-state index in [1.165, 1.54) is 12.1 Å². The smallest absolute Gasteiger partial charge is 0.337 e. The maximum atomic E-state index is 11.7.